The first kappa shape index (κ1) is 3.00. The van der Waals surface area contributed by atoms with Crippen molar-refractivity contribution >= 4 is 5.82 Å². The average molecular weight is 128 g/mol. The van der Waals surface area contributed by atoms with E-state index in [1.807, 2.05) is 0 Å². The fourth-order valence-electron chi connectivity index (χ4n) is 0.385. The monoisotopic (exact) mass is 128 g/mol. The maximum atomic E-state index is 6.74. The summed E-state index contributed by atoms with van der Waals surface area (Å²) in [6.07, 6.45) is 0. The molecule has 9 heavy (non-hydrogen) atoms. The zero-order valence-electron chi connectivity index (χ0n) is 7.53. The van der Waals surface area contributed by atoms with Crippen molar-refractivity contribution in [1.82, 2.24) is 10.2 Å². The molecule has 0 aliphatic heterocycles. The number of aromatic nitrogens is 2. The zero-order valence-corrected chi connectivity index (χ0v) is 4.53. The Bertz CT molecular complexity index is 258. The van der Waals surface area contributed by atoms with Gasteiger partial charge in [0.2, 0.25) is 5.88 Å². The molecule has 0 atom stereocenters. The van der Waals surface area contributed by atoms with Gasteiger partial charge in [-0.2, -0.15) is 0 Å². The van der Waals surface area contributed by atoms with Gasteiger partial charge in [0.25, 0.3) is 0 Å². The molecule has 4 nitrogen and oxygen atoms in total. The molecule has 0 spiro atoms. The Morgan fingerprint density at radius 2 is 2.56 bits per heavy atom. The van der Waals surface area contributed by atoms with Crippen molar-refractivity contribution in [1.29, 1.82) is 0 Å². The first-order chi connectivity index (χ1) is 5.47. The van der Waals surface area contributed by atoms with E-state index >= 15 is 0 Å². The van der Waals surface area contributed by atoms with Gasteiger partial charge in [0, 0.05) is 6.07 Å². The molecular formula is C5H7N3O. The number of hydrogen-bond donors (Lipinski definition) is 1. The summed E-state index contributed by atoms with van der Waals surface area (Å²) in [4.78, 5) is 0. The summed E-state index contributed by atoms with van der Waals surface area (Å²) in [5.41, 5.74) is 5.22. The first-order valence-corrected chi connectivity index (χ1v) is 2.25. The van der Waals surface area contributed by atoms with Gasteiger partial charge in [-0.25, -0.2) is 0 Å². The fourth-order valence-corrected chi connectivity index (χ4v) is 0.385. The van der Waals surface area contributed by atoms with Crippen LogP contribution in [0.2, 0.25) is 0 Å². The highest BCUT2D eigenvalue weighted by Gasteiger charge is 1.89. The van der Waals surface area contributed by atoms with E-state index in [2.05, 4.69) is 14.9 Å². The molecule has 0 saturated heterocycles. The molecule has 0 unspecified atom stereocenters. The average Bonchev–Trinajstić information content (AvgIpc) is 1.91. The minimum absolute atomic E-state index is 0.0656. The summed E-state index contributed by atoms with van der Waals surface area (Å²) < 4.78 is 24.6. The molecular weight excluding hydrogens is 118 g/mol. The van der Waals surface area contributed by atoms with Crippen molar-refractivity contribution in [2.75, 3.05) is 12.8 Å². The van der Waals surface area contributed by atoms with Crippen LogP contribution in [0.5, 0.6) is 5.88 Å². The molecule has 0 aromatic carbocycles. The number of nitrogens with two attached hydrogens (primary N) is 1. The van der Waals surface area contributed by atoms with E-state index in [9.17, 15) is 0 Å². The van der Waals surface area contributed by atoms with Gasteiger partial charge in [0.1, 0.15) is 5.82 Å². The van der Waals surface area contributed by atoms with Gasteiger partial charge in [-0.1, -0.05) is 0 Å². The maximum Gasteiger partial charge on any atom is 0.233 e. The van der Waals surface area contributed by atoms with Gasteiger partial charge in [0.05, 0.1) is 11.2 Å². The molecule has 0 saturated carbocycles. The van der Waals surface area contributed by atoms with Crippen LogP contribution in [-0.4, -0.2) is 17.2 Å². The van der Waals surface area contributed by atoms with Crippen molar-refractivity contribution < 1.29 is 8.85 Å². The molecule has 48 valence electrons. The predicted octanol–water partition coefficient (Wildman–Crippen LogP) is 0.0674. The molecule has 1 rings (SSSR count). The summed E-state index contributed by atoms with van der Waals surface area (Å²) in [7, 11) is -2.50. The highest BCUT2D eigenvalue weighted by molar-refractivity contribution is 5.27. The summed E-state index contributed by atoms with van der Waals surface area (Å²) in [5.74, 6) is 0.150. The summed E-state index contributed by atoms with van der Waals surface area (Å²) in [6, 6.07) is 2.75. The Labute approximate surface area is 56.9 Å². The van der Waals surface area contributed by atoms with Gasteiger partial charge >= 0.3 is 0 Å². The number of rotatable bonds is 1. The predicted molar refractivity (Wildman–Crippen MR) is 33.0 cm³/mol. The van der Waals surface area contributed by atoms with Crippen molar-refractivity contribution in [3.8, 4) is 5.88 Å². The van der Waals surface area contributed by atoms with Crippen LogP contribution in [0.15, 0.2) is 12.1 Å². The third kappa shape index (κ3) is 1.28. The van der Waals surface area contributed by atoms with Crippen molar-refractivity contribution in [2.45, 2.75) is 0 Å². The van der Waals surface area contributed by atoms with E-state index < -0.39 is 7.04 Å². The SMILES string of the molecule is [2H]C([2H])([2H])Oc1ccc(N)nn1. The second kappa shape index (κ2) is 2.30. The molecule has 0 aliphatic rings. The third-order valence-corrected chi connectivity index (χ3v) is 0.765. The van der Waals surface area contributed by atoms with Crippen LogP contribution < -0.4 is 10.5 Å². The Hall–Kier alpha value is -1.32. The van der Waals surface area contributed by atoms with Crippen LogP contribution in [0.4, 0.5) is 5.82 Å². The highest BCUT2D eigenvalue weighted by Crippen LogP contribution is 2.02. The third-order valence-electron chi connectivity index (χ3n) is 0.765. The van der Waals surface area contributed by atoms with Gasteiger partial charge in [-0.15, -0.1) is 10.2 Å². The van der Waals surface area contributed by atoms with Crippen LogP contribution in [0.25, 0.3) is 0 Å². The van der Waals surface area contributed by atoms with Crippen LogP contribution >= 0.6 is 0 Å². The molecule has 1 aromatic rings. The minimum Gasteiger partial charge on any atom is -0.480 e. The minimum atomic E-state index is -2.50. The highest BCUT2D eigenvalue weighted by atomic mass is 16.5. The molecule has 0 aliphatic carbocycles. The molecule has 0 amide bonds. The Morgan fingerprint density at radius 3 is 3.11 bits per heavy atom. The molecule has 0 fully saturated rings. The number of nitrogen functional groups attached to an aromatic ring is 1. The van der Waals surface area contributed by atoms with E-state index in [4.69, 9.17) is 9.85 Å². The van der Waals surface area contributed by atoms with E-state index in [-0.39, 0.29) is 11.7 Å². The normalized spacial score (nSPS) is 15.3. The van der Waals surface area contributed by atoms with Crippen LogP contribution in [0.1, 0.15) is 4.11 Å². The van der Waals surface area contributed by atoms with Crippen LogP contribution in [-0.2, 0) is 0 Å². The Morgan fingerprint density at radius 1 is 1.67 bits per heavy atom. The van der Waals surface area contributed by atoms with Gasteiger partial charge in [-0.05, 0) is 6.07 Å². The molecule has 2 N–H and O–H groups in total. The molecule has 4 heteroatoms. The number of methoxy groups -OCH3 is 1. The number of nitrogens with zero attached hydrogens (tertiary/aromatic N) is 2. The standard InChI is InChI=1S/C5H7N3O/c1-9-5-3-2-4(6)7-8-5/h2-3H,1H3,(H2,6,7)/i1D3. The molecule has 0 radical (unpaired) electrons. The second-order valence-corrected chi connectivity index (χ2v) is 1.40. The molecule has 1 heterocycles. The lowest BCUT2D eigenvalue weighted by atomic mass is 10.5. The largest absolute Gasteiger partial charge is 0.480 e. The molecule has 1 aromatic heterocycles. The van der Waals surface area contributed by atoms with Gasteiger partial charge in [-0.3, -0.25) is 0 Å². The van der Waals surface area contributed by atoms with Crippen molar-refractivity contribution in [3.05, 3.63) is 12.1 Å². The zero-order chi connectivity index (χ0) is 9.19. The smallest absolute Gasteiger partial charge is 0.233 e. The second-order valence-electron chi connectivity index (χ2n) is 1.40. The molecule has 0 bridgehead atoms. The fraction of sp³-hybridized carbons (Fsp3) is 0.200. The quantitative estimate of drug-likeness (QED) is 0.581. The maximum absolute atomic E-state index is 6.74. The van der Waals surface area contributed by atoms with Crippen LogP contribution in [0.3, 0.4) is 0 Å². The van der Waals surface area contributed by atoms with Gasteiger partial charge < -0.3 is 10.5 Å². The van der Waals surface area contributed by atoms with Crippen molar-refractivity contribution in [2.24, 2.45) is 0 Å². The lowest BCUT2D eigenvalue weighted by molar-refractivity contribution is 0.392. The van der Waals surface area contributed by atoms with Crippen molar-refractivity contribution in [3.63, 3.8) is 0 Å². The Balaban J connectivity index is 2.71. The van der Waals surface area contributed by atoms with E-state index in [1.165, 1.54) is 12.1 Å². The van der Waals surface area contributed by atoms with E-state index in [0.717, 1.165) is 0 Å². The lowest BCUT2D eigenvalue weighted by Crippen LogP contribution is -1.94. The topological polar surface area (TPSA) is 61.0 Å². The summed E-state index contributed by atoms with van der Waals surface area (Å²) in [6.45, 7) is 0. The number of anilines is 1. The lowest BCUT2D eigenvalue weighted by Gasteiger charge is -1.94. The van der Waals surface area contributed by atoms with Crippen LogP contribution in [0, 0.1) is 0 Å². The van der Waals surface area contributed by atoms with Gasteiger partial charge in [0.15, 0.2) is 0 Å². The number of hydrogen-bond acceptors (Lipinski definition) is 4. The Kier molecular flexibility index (Phi) is 0.768. The summed E-state index contributed by atoms with van der Waals surface area (Å²) >= 11 is 0. The summed E-state index contributed by atoms with van der Waals surface area (Å²) in [5, 5.41) is 6.82. The first-order valence-electron chi connectivity index (χ1n) is 3.75. The number of ether oxygens (including phenoxy) is 1. The van der Waals surface area contributed by atoms with E-state index in [1.54, 1.807) is 0 Å². The van der Waals surface area contributed by atoms with E-state index in [0.29, 0.717) is 0 Å².